The number of amides is 1. The third-order valence-corrected chi connectivity index (χ3v) is 4.70. The molecule has 1 atom stereocenters. The van der Waals surface area contributed by atoms with Crippen LogP contribution in [0.2, 0.25) is 0 Å². The van der Waals surface area contributed by atoms with E-state index in [-0.39, 0.29) is 5.91 Å². The van der Waals surface area contributed by atoms with Crippen LogP contribution in [0.5, 0.6) is 0 Å². The zero-order valence-corrected chi connectivity index (χ0v) is 11.1. The average molecular weight is 263 g/mol. The van der Waals surface area contributed by atoms with E-state index in [4.69, 9.17) is 10.3 Å². The van der Waals surface area contributed by atoms with Gasteiger partial charge in [-0.2, -0.15) is 0 Å². The van der Waals surface area contributed by atoms with Gasteiger partial charge in [0.2, 0.25) is 5.91 Å². The molecule has 0 bridgehead atoms. The van der Waals surface area contributed by atoms with Crippen LogP contribution < -0.4 is 11.1 Å². The van der Waals surface area contributed by atoms with Gasteiger partial charge in [0.15, 0.2) is 0 Å². The first-order valence-electron chi connectivity index (χ1n) is 7.12. The number of nitrogens with zero attached hydrogens (tertiary/aromatic N) is 1. The number of nitrogens with one attached hydrogen (secondary N) is 1. The van der Waals surface area contributed by atoms with Gasteiger partial charge in [0.25, 0.3) is 0 Å². The monoisotopic (exact) mass is 263 g/mol. The van der Waals surface area contributed by atoms with Crippen molar-refractivity contribution in [2.45, 2.75) is 57.0 Å². The predicted octanol–water partition coefficient (Wildman–Crippen LogP) is 1.38. The lowest BCUT2D eigenvalue weighted by Crippen LogP contribution is -2.39. The second-order valence-corrected chi connectivity index (χ2v) is 6.01. The second-order valence-electron chi connectivity index (χ2n) is 6.01. The van der Waals surface area contributed by atoms with E-state index >= 15 is 0 Å². The van der Waals surface area contributed by atoms with Crippen LogP contribution in [-0.2, 0) is 11.2 Å². The van der Waals surface area contributed by atoms with Gasteiger partial charge >= 0.3 is 0 Å². The lowest BCUT2D eigenvalue weighted by molar-refractivity contribution is -0.122. The van der Waals surface area contributed by atoms with E-state index in [1.807, 2.05) is 0 Å². The topological polar surface area (TPSA) is 81.1 Å². The Labute approximate surface area is 112 Å². The molecule has 2 saturated carbocycles. The maximum absolute atomic E-state index is 11.9. The molecule has 2 aliphatic carbocycles. The van der Waals surface area contributed by atoms with Gasteiger partial charge in [-0.25, -0.2) is 0 Å². The highest BCUT2D eigenvalue weighted by atomic mass is 16.5. The number of nitrogens with two attached hydrogens (primary N) is 1. The smallest absolute Gasteiger partial charge is 0.220 e. The molecule has 1 aromatic rings. The van der Waals surface area contributed by atoms with Crippen LogP contribution in [0.4, 0.5) is 0 Å². The van der Waals surface area contributed by atoms with Crippen LogP contribution in [0.1, 0.15) is 44.2 Å². The number of rotatable bonds is 4. The summed E-state index contributed by atoms with van der Waals surface area (Å²) in [5, 5.41) is 6.93. The van der Waals surface area contributed by atoms with Gasteiger partial charge in [-0.15, -0.1) is 0 Å². The minimum Gasteiger partial charge on any atom is -0.365 e. The molecular weight excluding hydrogens is 242 g/mol. The van der Waals surface area contributed by atoms with Crippen LogP contribution in [0.15, 0.2) is 16.9 Å². The van der Waals surface area contributed by atoms with Crippen molar-refractivity contribution in [1.82, 2.24) is 10.5 Å². The van der Waals surface area contributed by atoms with Gasteiger partial charge < -0.3 is 15.6 Å². The van der Waals surface area contributed by atoms with Crippen molar-refractivity contribution in [3.63, 3.8) is 0 Å². The number of carbonyl (C=O) groups excluding carboxylic acids is 1. The van der Waals surface area contributed by atoms with Crippen LogP contribution in [0.25, 0.3) is 0 Å². The number of hydrogen-bond acceptors (Lipinski definition) is 4. The fourth-order valence-electron chi connectivity index (χ4n) is 3.20. The SMILES string of the molecule is NC1CC12CCC(NC(=O)CCc1ccon1)CC2. The minimum atomic E-state index is 0.115. The van der Waals surface area contributed by atoms with Crippen molar-refractivity contribution < 1.29 is 9.32 Å². The molecule has 0 aromatic carbocycles. The van der Waals surface area contributed by atoms with E-state index in [2.05, 4.69) is 10.5 Å². The highest BCUT2D eigenvalue weighted by molar-refractivity contribution is 5.76. The Hall–Kier alpha value is -1.36. The Morgan fingerprint density at radius 3 is 2.84 bits per heavy atom. The molecule has 0 aliphatic heterocycles. The molecule has 5 heteroatoms. The summed E-state index contributed by atoms with van der Waals surface area (Å²) in [6, 6.07) is 2.55. The van der Waals surface area contributed by atoms with E-state index in [0.717, 1.165) is 18.5 Å². The van der Waals surface area contributed by atoms with E-state index in [1.54, 1.807) is 6.07 Å². The quantitative estimate of drug-likeness (QED) is 0.860. The van der Waals surface area contributed by atoms with Crippen LogP contribution >= 0.6 is 0 Å². The molecule has 2 fully saturated rings. The summed E-state index contributed by atoms with van der Waals surface area (Å²) in [6.45, 7) is 0. The van der Waals surface area contributed by atoms with E-state index in [1.165, 1.54) is 25.5 Å². The minimum absolute atomic E-state index is 0.115. The summed E-state index contributed by atoms with van der Waals surface area (Å²) >= 11 is 0. The molecule has 1 heterocycles. The van der Waals surface area contributed by atoms with E-state index < -0.39 is 0 Å². The predicted molar refractivity (Wildman–Crippen MR) is 70.2 cm³/mol. The zero-order chi connectivity index (χ0) is 13.3. The summed E-state index contributed by atoms with van der Waals surface area (Å²) < 4.78 is 4.74. The molecule has 0 saturated heterocycles. The molecule has 1 spiro atoms. The zero-order valence-electron chi connectivity index (χ0n) is 11.1. The first-order valence-corrected chi connectivity index (χ1v) is 7.12. The fraction of sp³-hybridized carbons (Fsp3) is 0.714. The summed E-state index contributed by atoms with van der Waals surface area (Å²) in [5.74, 6) is 0.115. The molecule has 104 valence electrons. The molecule has 0 radical (unpaired) electrons. The average Bonchev–Trinajstić information content (AvgIpc) is 2.82. The highest BCUT2D eigenvalue weighted by Gasteiger charge is 2.52. The van der Waals surface area contributed by atoms with Crippen molar-refractivity contribution >= 4 is 5.91 Å². The van der Waals surface area contributed by atoms with E-state index in [0.29, 0.717) is 30.3 Å². The molecule has 1 amide bonds. The van der Waals surface area contributed by atoms with Crippen molar-refractivity contribution in [2.24, 2.45) is 11.1 Å². The molecular formula is C14H21N3O2. The number of hydrogen-bond donors (Lipinski definition) is 2. The highest BCUT2D eigenvalue weighted by Crippen LogP contribution is 2.54. The summed E-state index contributed by atoms with van der Waals surface area (Å²) in [5.41, 5.74) is 7.24. The number of aryl methyl sites for hydroxylation is 1. The molecule has 3 rings (SSSR count). The first-order chi connectivity index (χ1) is 9.18. The van der Waals surface area contributed by atoms with Crippen molar-refractivity contribution in [1.29, 1.82) is 0 Å². The Kier molecular flexibility index (Phi) is 3.31. The maximum Gasteiger partial charge on any atom is 0.220 e. The van der Waals surface area contributed by atoms with Crippen molar-refractivity contribution in [3.05, 3.63) is 18.0 Å². The van der Waals surface area contributed by atoms with Gasteiger partial charge in [-0.05, 0) is 37.5 Å². The fourth-order valence-corrected chi connectivity index (χ4v) is 3.20. The van der Waals surface area contributed by atoms with Gasteiger partial charge in [0.05, 0.1) is 5.69 Å². The number of aromatic nitrogens is 1. The molecule has 1 aromatic heterocycles. The van der Waals surface area contributed by atoms with Crippen molar-refractivity contribution in [2.75, 3.05) is 0 Å². The molecule has 2 aliphatic rings. The second kappa shape index (κ2) is 4.96. The first kappa shape index (κ1) is 12.7. The van der Waals surface area contributed by atoms with Crippen LogP contribution in [-0.4, -0.2) is 23.1 Å². The Balaban J connectivity index is 1.38. The van der Waals surface area contributed by atoms with Crippen molar-refractivity contribution in [3.8, 4) is 0 Å². The lowest BCUT2D eigenvalue weighted by Gasteiger charge is -2.29. The summed E-state index contributed by atoms with van der Waals surface area (Å²) in [4.78, 5) is 11.9. The molecule has 19 heavy (non-hydrogen) atoms. The van der Waals surface area contributed by atoms with Gasteiger partial charge in [0, 0.05) is 31.0 Å². The molecule has 5 nitrogen and oxygen atoms in total. The Morgan fingerprint density at radius 1 is 1.53 bits per heavy atom. The third-order valence-electron chi connectivity index (χ3n) is 4.70. The molecule has 1 unspecified atom stereocenters. The largest absolute Gasteiger partial charge is 0.365 e. The van der Waals surface area contributed by atoms with Crippen LogP contribution in [0.3, 0.4) is 0 Å². The summed E-state index contributed by atoms with van der Waals surface area (Å²) in [6.07, 6.45) is 8.32. The Bertz CT molecular complexity index is 436. The maximum atomic E-state index is 11.9. The Morgan fingerprint density at radius 2 is 2.26 bits per heavy atom. The standard InChI is InChI=1S/C14H21N3O2/c15-12-9-14(12)6-3-10(4-7-14)16-13(18)2-1-11-5-8-19-17-11/h5,8,10,12H,1-4,6-7,9,15H2,(H,16,18). The van der Waals surface area contributed by atoms with Gasteiger partial charge in [0.1, 0.15) is 6.26 Å². The molecule has 3 N–H and O–H groups in total. The normalized spacial score (nSPS) is 33.3. The third kappa shape index (κ3) is 2.81. The lowest BCUT2D eigenvalue weighted by atomic mass is 9.83. The summed E-state index contributed by atoms with van der Waals surface area (Å²) in [7, 11) is 0. The van der Waals surface area contributed by atoms with Gasteiger partial charge in [-0.1, -0.05) is 5.16 Å². The number of carbonyl (C=O) groups is 1. The van der Waals surface area contributed by atoms with Crippen LogP contribution in [0, 0.1) is 5.41 Å². The van der Waals surface area contributed by atoms with E-state index in [9.17, 15) is 4.79 Å². The van der Waals surface area contributed by atoms with Gasteiger partial charge in [-0.3, -0.25) is 4.79 Å².